The van der Waals surface area contributed by atoms with E-state index in [1.54, 1.807) is 48.5 Å². The van der Waals surface area contributed by atoms with Crippen molar-refractivity contribution >= 4 is 33.2 Å². The second kappa shape index (κ2) is 10.2. The first-order valence-corrected chi connectivity index (χ1v) is 12.7. The summed E-state index contributed by atoms with van der Waals surface area (Å²) in [5.74, 6) is 0. The van der Waals surface area contributed by atoms with Gasteiger partial charge in [-0.2, -0.15) is 0 Å². The van der Waals surface area contributed by atoms with Gasteiger partial charge in [-0.05, 0) is 53.9 Å². The molecule has 0 radical (unpaired) electrons. The molecule has 4 aromatic carbocycles. The van der Waals surface area contributed by atoms with Gasteiger partial charge in [0.05, 0.1) is 43.0 Å². The topological polar surface area (TPSA) is 196 Å². The Hall–Kier alpha value is -6.44. The minimum absolute atomic E-state index is 0.0671. The van der Waals surface area contributed by atoms with E-state index in [-0.39, 0.29) is 33.2 Å². The van der Waals surface area contributed by atoms with Crippen LogP contribution in [0.4, 0.5) is 11.4 Å². The number of benzene rings is 4. The highest BCUT2D eigenvalue weighted by Gasteiger charge is 2.15. The van der Waals surface area contributed by atoms with Gasteiger partial charge in [-0.1, -0.05) is 24.3 Å². The number of non-ortho nitro benzene ring substituents is 2. The number of fused-ring (bicyclic) bond motifs is 2. The van der Waals surface area contributed by atoms with Gasteiger partial charge >= 0.3 is 11.4 Å². The molecular formula is C29H18N6O8. The lowest BCUT2D eigenvalue weighted by Gasteiger charge is -2.09. The van der Waals surface area contributed by atoms with Gasteiger partial charge in [0.15, 0.2) is 0 Å². The Morgan fingerprint density at radius 3 is 1.28 bits per heavy atom. The number of nitro groups is 2. The molecule has 0 aliphatic rings. The maximum atomic E-state index is 13.0. The van der Waals surface area contributed by atoms with Crippen LogP contribution in [0.25, 0.3) is 33.2 Å². The van der Waals surface area contributed by atoms with E-state index in [9.17, 15) is 39.4 Å². The van der Waals surface area contributed by atoms with Crippen LogP contribution in [0, 0.1) is 20.2 Å². The van der Waals surface area contributed by atoms with Crippen molar-refractivity contribution in [2.45, 2.75) is 6.42 Å². The van der Waals surface area contributed by atoms with E-state index in [0.717, 1.165) is 32.4 Å². The second-order valence-corrected chi connectivity index (χ2v) is 9.63. The first-order valence-electron chi connectivity index (χ1n) is 12.7. The van der Waals surface area contributed by atoms with Gasteiger partial charge in [0.1, 0.15) is 0 Å². The highest BCUT2D eigenvalue weighted by atomic mass is 16.6. The van der Waals surface area contributed by atoms with Crippen molar-refractivity contribution in [3.8, 4) is 11.4 Å². The summed E-state index contributed by atoms with van der Waals surface area (Å²) < 4.78 is 1.90. The number of H-pyrrole nitrogens is 2. The molecule has 0 aliphatic carbocycles. The maximum Gasteiger partial charge on any atom is 0.333 e. The van der Waals surface area contributed by atoms with Gasteiger partial charge in [-0.25, -0.2) is 18.7 Å². The Morgan fingerprint density at radius 1 is 0.558 bits per heavy atom. The van der Waals surface area contributed by atoms with Crippen molar-refractivity contribution in [2.75, 3.05) is 0 Å². The fraction of sp³-hybridized carbons (Fsp3) is 0.0345. The summed E-state index contributed by atoms with van der Waals surface area (Å²) in [7, 11) is 0. The first-order chi connectivity index (χ1) is 20.6. The first kappa shape index (κ1) is 26.8. The lowest BCUT2D eigenvalue weighted by molar-refractivity contribution is -0.384. The number of aromatic amines is 2. The van der Waals surface area contributed by atoms with Crippen LogP contribution >= 0.6 is 0 Å². The van der Waals surface area contributed by atoms with E-state index in [4.69, 9.17) is 0 Å². The van der Waals surface area contributed by atoms with Crippen LogP contribution in [-0.4, -0.2) is 28.9 Å². The molecule has 6 aromatic rings. The van der Waals surface area contributed by atoms with Crippen LogP contribution in [0.3, 0.4) is 0 Å². The molecule has 14 nitrogen and oxygen atoms in total. The summed E-state index contributed by atoms with van der Waals surface area (Å²) in [6.45, 7) is 0. The number of hydrogen-bond acceptors (Lipinski definition) is 8. The monoisotopic (exact) mass is 578 g/mol. The Bertz CT molecular complexity index is 2180. The lowest BCUT2D eigenvalue weighted by atomic mass is 10.0. The van der Waals surface area contributed by atoms with E-state index < -0.39 is 32.3 Å². The molecule has 212 valence electrons. The van der Waals surface area contributed by atoms with Crippen LogP contribution in [0.5, 0.6) is 0 Å². The Morgan fingerprint density at radius 2 is 0.930 bits per heavy atom. The summed E-state index contributed by atoms with van der Waals surface area (Å²) in [4.78, 5) is 77.3. The average Bonchev–Trinajstić information content (AvgIpc) is 2.98. The minimum atomic E-state index is -0.738. The van der Waals surface area contributed by atoms with E-state index in [2.05, 4.69) is 9.97 Å². The maximum absolute atomic E-state index is 13.0. The third-order valence-corrected chi connectivity index (χ3v) is 6.98. The van der Waals surface area contributed by atoms with Crippen molar-refractivity contribution in [2.24, 2.45) is 0 Å². The van der Waals surface area contributed by atoms with E-state index in [0.29, 0.717) is 17.8 Å². The molecule has 0 atom stereocenters. The van der Waals surface area contributed by atoms with Crippen molar-refractivity contribution in [3.63, 3.8) is 0 Å². The number of nitrogens with zero attached hydrogens (tertiary/aromatic N) is 4. The molecule has 0 fully saturated rings. The van der Waals surface area contributed by atoms with Crippen LogP contribution in [0.2, 0.25) is 0 Å². The quantitative estimate of drug-likeness (QED) is 0.222. The molecule has 6 rings (SSSR count). The summed E-state index contributed by atoms with van der Waals surface area (Å²) >= 11 is 0. The van der Waals surface area contributed by atoms with Crippen LogP contribution < -0.4 is 22.5 Å². The van der Waals surface area contributed by atoms with E-state index >= 15 is 0 Å². The van der Waals surface area contributed by atoms with Gasteiger partial charge in [0, 0.05) is 24.3 Å². The summed E-state index contributed by atoms with van der Waals surface area (Å²) in [5.41, 5.74) is -0.754. The molecule has 0 saturated carbocycles. The third-order valence-electron chi connectivity index (χ3n) is 6.98. The van der Waals surface area contributed by atoms with Crippen molar-refractivity contribution in [1.82, 2.24) is 19.1 Å². The summed E-state index contributed by atoms with van der Waals surface area (Å²) in [6, 6.07) is 20.7. The predicted molar refractivity (Wildman–Crippen MR) is 156 cm³/mol. The molecule has 0 amide bonds. The number of nitrogens with one attached hydrogen (secondary N) is 2. The molecule has 0 bridgehead atoms. The normalized spacial score (nSPS) is 11.2. The van der Waals surface area contributed by atoms with E-state index in [1.807, 2.05) is 0 Å². The molecular weight excluding hydrogens is 560 g/mol. The summed E-state index contributed by atoms with van der Waals surface area (Å²) in [5, 5.41) is 22.3. The van der Waals surface area contributed by atoms with Gasteiger partial charge in [0.2, 0.25) is 0 Å². The Balaban J connectivity index is 1.26. The minimum Gasteiger partial charge on any atom is -0.306 e. The number of aromatic nitrogens is 4. The van der Waals surface area contributed by atoms with Crippen LogP contribution in [-0.2, 0) is 6.42 Å². The van der Waals surface area contributed by atoms with Gasteiger partial charge in [0.25, 0.3) is 22.5 Å². The molecule has 2 heterocycles. The standard InChI is InChI=1S/C29H18N6O8/c36-26-22-11-9-20(34(40)41)14-24(22)30-28(38)32(26)18-5-1-16(2-6-18)13-17-3-7-19(8-4-17)33-27(37)23-12-10-21(35(42)43)15-25(23)31-29(33)39/h1-12,14-15H,13H2,(H,30,38)(H,31,39). The number of hydrogen-bond donors (Lipinski definition) is 2. The average molecular weight is 578 g/mol. The summed E-state index contributed by atoms with van der Waals surface area (Å²) in [6.07, 6.45) is 0.458. The van der Waals surface area contributed by atoms with Gasteiger partial charge in [-0.3, -0.25) is 29.8 Å². The van der Waals surface area contributed by atoms with Gasteiger partial charge in [-0.15, -0.1) is 0 Å². The lowest BCUT2D eigenvalue weighted by Crippen LogP contribution is -2.33. The molecule has 2 aromatic heterocycles. The second-order valence-electron chi connectivity index (χ2n) is 9.63. The molecule has 43 heavy (non-hydrogen) atoms. The van der Waals surface area contributed by atoms with Crippen molar-refractivity contribution in [1.29, 1.82) is 0 Å². The molecule has 0 unspecified atom stereocenters. The zero-order valence-corrected chi connectivity index (χ0v) is 21.8. The molecule has 0 spiro atoms. The zero-order valence-electron chi connectivity index (χ0n) is 21.8. The van der Waals surface area contributed by atoms with Crippen LogP contribution in [0.1, 0.15) is 11.1 Å². The number of nitro benzene ring substituents is 2. The fourth-order valence-electron chi connectivity index (χ4n) is 4.87. The van der Waals surface area contributed by atoms with Crippen LogP contribution in [0.15, 0.2) is 104 Å². The zero-order chi connectivity index (χ0) is 30.4. The SMILES string of the molecule is O=c1[nH]c2cc([N+](=O)[O-])ccc2c(=O)n1-c1ccc(Cc2ccc(-n3c(=O)[nH]c4cc([N+](=O)[O-])ccc4c3=O)cc2)cc1. The van der Waals surface area contributed by atoms with Crippen molar-refractivity contribution in [3.05, 3.63) is 158 Å². The largest absolute Gasteiger partial charge is 0.333 e. The third kappa shape index (κ3) is 4.78. The molecule has 0 aliphatic heterocycles. The molecule has 0 saturated heterocycles. The smallest absolute Gasteiger partial charge is 0.306 e. The highest BCUT2D eigenvalue weighted by Crippen LogP contribution is 2.19. The molecule has 14 heteroatoms. The number of rotatable bonds is 6. The van der Waals surface area contributed by atoms with Crippen molar-refractivity contribution < 1.29 is 9.85 Å². The Labute approximate surface area is 238 Å². The highest BCUT2D eigenvalue weighted by molar-refractivity contribution is 5.81. The van der Waals surface area contributed by atoms with Gasteiger partial charge < -0.3 is 9.97 Å². The predicted octanol–water partition coefficient (Wildman–Crippen LogP) is 3.08. The van der Waals surface area contributed by atoms with E-state index in [1.165, 1.54) is 24.3 Å². The molecule has 2 N–H and O–H groups in total. The fourth-order valence-corrected chi connectivity index (χ4v) is 4.87. The Kier molecular flexibility index (Phi) is 6.34.